The molecule has 0 aliphatic carbocycles. The number of aryl methyl sites for hydroxylation is 1. The van der Waals surface area contributed by atoms with Gasteiger partial charge in [0.25, 0.3) is 0 Å². The standard InChI is InChI=1S/C7H7Br3N/c8-1-2-11-4-6(9)3-7(10)5-11/h3-5H,1-2H2/q+1. The van der Waals surface area contributed by atoms with Gasteiger partial charge in [0.2, 0.25) is 0 Å². The van der Waals surface area contributed by atoms with Crippen molar-refractivity contribution >= 4 is 47.8 Å². The average molecular weight is 345 g/mol. The molecule has 0 radical (unpaired) electrons. The molecule has 1 nitrogen and oxygen atoms in total. The highest BCUT2D eigenvalue weighted by atomic mass is 79.9. The van der Waals surface area contributed by atoms with E-state index < -0.39 is 0 Å². The molecule has 0 unspecified atom stereocenters. The Kier molecular flexibility index (Phi) is 4.02. The molecule has 0 saturated carbocycles. The van der Waals surface area contributed by atoms with Gasteiger partial charge in [0, 0.05) is 0 Å². The zero-order chi connectivity index (χ0) is 8.27. The van der Waals surface area contributed by atoms with E-state index in [0.717, 1.165) is 20.8 Å². The van der Waals surface area contributed by atoms with Gasteiger partial charge in [-0.3, -0.25) is 0 Å². The van der Waals surface area contributed by atoms with Crippen molar-refractivity contribution in [3.05, 3.63) is 27.4 Å². The van der Waals surface area contributed by atoms with Crippen LogP contribution in [0.4, 0.5) is 0 Å². The maximum absolute atomic E-state index is 3.42. The molecule has 0 aromatic carbocycles. The van der Waals surface area contributed by atoms with Crippen LogP contribution in [0, 0.1) is 0 Å². The molecule has 0 fully saturated rings. The molecule has 4 heteroatoms. The molecule has 1 heterocycles. The lowest BCUT2D eigenvalue weighted by molar-refractivity contribution is -0.693. The van der Waals surface area contributed by atoms with Crippen molar-refractivity contribution in [1.82, 2.24) is 0 Å². The Morgan fingerprint density at radius 1 is 1.18 bits per heavy atom. The van der Waals surface area contributed by atoms with Crippen LogP contribution in [-0.2, 0) is 6.54 Å². The van der Waals surface area contributed by atoms with Crippen molar-refractivity contribution in [2.75, 3.05) is 5.33 Å². The van der Waals surface area contributed by atoms with Gasteiger partial charge >= 0.3 is 0 Å². The number of aromatic nitrogens is 1. The Balaban J connectivity index is 2.89. The normalized spacial score (nSPS) is 10.1. The topological polar surface area (TPSA) is 3.88 Å². The van der Waals surface area contributed by atoms with Gasteiger partial charge in [-0.1, -0.05) is 15.9 Å². The van der Waals surface area contributed by atoms with Crippen molar-refractivity contribution < 1.29 is 4.57 Å². The smallest absolute Gasteiger partial charge is 0.183 e. The Labute approximate surface area is 91.2 Å². The summed E-state index contributed by atoms with van der Waals surface area (Å²) in [4.78, 5) is 0. The van der Waals surface area contributed by atoms with E-state index in [1.165, 1.54) is 0 Å². The van der Waals surface area contributed by atoms with E-state index in [9.17, 15) is 0 Å². The molecule has 0 aliphatic heterocycles. The van der Waals surface area contributed by atoms with Crippen molar-refractivity contribution in [2.24, 2.45) is 0 Å². The van der Waals surface area contributed by atoms with E-state index in [-0.39, 0.29) is 0 Å². The van der Waals surface area contributed by atoms with Crippen molar-refractivity contribution in [2.45, 2.75) is 6.54 Å². The Hall–Kier alpha value is 0.590. The summed E-state index contributed by atoms with van der Waals surface area (Å²) in [6.45, 7) is 0.984. The highest BCUT2D eigenvalue weighted by Crippen LogP contribution is 2.13. The minimum atomic E-state index is 0.973. The summed E-state index contributed by atoms with van der Waals surface area (Å²) in [5, 5.41) is 0.973. The summed E-state index contributed by atoms with van der Waals surface area (Å²) in [5.74, 6) is 0. The Bertz CT molecular complexity index is 229. The second-order valence-electron chi connectivity index (χ2n) is 2.10. The lowest BCUT2D eigenvalue weighted by Crippen LogP contribution is -2.33. The van der Waals surface area contributed by atoms with Gasteiger partial charge < -0.3 is 0 Å². The highest BCUT2D eigenvalue weighted by Gasteiger charge is 2.02. The molecule has 0 N–H and O–H groups in total. The van der Waals surface area contributed by atoms with Gasteiger partial charge in [-0.2, -0.15) is 0 Å². The quantitative estimate of drug-likeness (QED) is 0.574. The second kappa shape index (κ2) is 4.58. The molecule has 1 aromatic heterocycles. The average Bonchev–Trinajstić information content (AvgIpc) is 1.85. The first-order chi connectivity index (χ1) is 5.22. The van der Waals surface area contributed by atoms with Crippen LogP contribution >= 0.6 is 47.8 Å². The van der Waals surface area contributed by atoms with Crippen LogP contribution < -0.4 is 4.57 Å². The van der Waals surface area contributed by atoms with Crippen LogP contribution in [0.3, 0.4) is 0 Å². The molecule has 1 rings (SSSR count). The number of hydrogen-bond acceptors (Lipinski definition) is 0. The largest absolute Gasteiger partial charge is 0.202 e. The second-order valence-corrected chi connectivity index (χ2v) is 4.72. The van der Waals surface area contributed by atoms with Crippen LogP contribution in [0.2, 0.25) is 0 Å². The van der Waals surface area contributed by atoms with Crippen LogP contribution in [0.15, 0.2) is 27.4 Å². The monoisotopic (exact) mass is 342 g/mol. The summed E-state index contributed by atoms with van der Waals surface area (Å²) in [5.41, 5.74) is 0. The highest BCUT2D eigenvalue weighted by molar-refractivity contribution is 9.11. The number of nitrogens with zero attached hydrogens (tertiary/aromatic N) is 1. The molecule has 0 aliphatic rings. The van der Waals surface area contributed by atoms with Gasteiger partial charge in [-0.05, 0) is 37.9 Å². The van der Waals surface area contributed by atoms with E-state index in [0.29, 0.717) is 0 Å². The number of halogens is 3. The fraction of sp³-hybridized carbons (Fsp3) is 0.286. The summed E-state index contributed by atoms with van der Waals surface area (Å²) in [6.07, 6.45) is 4.10. The number of pyridine rings is 1. The molecule has 0 amide bonds. The maximum atomic E-state index is 3.42. The third-order valence-corrected chi connectivity index (χ3v) is 2.42. The van der Waals surface area contributed by atoms with Gasteiger partial charge in [0.05, 0.1) is 14.3 Å². The SMILES string of the molecule is BrCC[n+]1cc(Br)cc(Br)c1. The minimum absolute atomic E-state index is 0.973. The molecule has 60 valence electrons. The predicted molar refractivity (Wildman–Crippen MR) is 55.8 cm³/mol. The summed E-state index contributed by atoms with van der Waals surface area (Å²) < 4.78 is 4.30. The first-order valence-corrected chi connectivity index (χ1v) is 5.84. The number of alkyl halides is 1. The van der Waals surface area contributed by atoms with E-state index in [1.54, 1.807) is 0 Å². The van der Waals surface area contributed by atoms with Crippen LogP contribution in [0.25, 0.3) is 0 Å². The minimum Gasteiger partial charge on any atom is -0.202 e. The molecule has 0 atom stereocenters. The van der Waals surface area contributed by atoms with Gasteiger partial charge in [-0.15, -0.1) is 0 Å². The maximum Gasteiger partial charge on any atom is 0.183 e. The molecule has 11 heavy (non-hydrogen) atoms. The summed E-state index contributed by atoms with van der Waals surface area (Å²) in [6, 6.07) is 2.02. The molecular weight excluding hydrogens is 338 g/mol. The van der Waals surface area contributed by atoms with Crippen LogP contribution in [0.5, 0.6) is 0 Å². The third-order valence-electron chi connectivity index (χ3n) is 1.20. The van der Waals surface area contributed by atoms with Gasteiger partial charge in [0.15, 0.2) is 18.9 Å². The van der Waals surface area contributed by atoms with Crippen molar-refractivity contribution in [1.29, 1.82) is 0 Å². The molecule has 1 aromatic rings. The van der Waals surface area contributed by atoms with Gasteiger partial charge in [-0.25, -0.2) is 4.57 Å². The first kappa shape index (κ1) is 9.68. The lowest BCUT2D eigenvalue weighted by Gasteiger charge is -1.94. The fourth-order valence-corrected chi connectivity index (χ4v) is 2.52. The lowest BCUT2D eigenvalue weighted by atomic mass is 10.5. The predicted octanol–water partition coefficient (Wildman–Crippen LogP) is 2.89. The van der Waals surface area contributed by atoms with E-state index in [2.05, 4.69) is 52.4 Å². The molecule has 0 spiro atoms. The van der Waals surface area contributed by atoms with E-state index in [1.807, 2.05) is 18.5 Å². The Morgan fingerprint density at radius 2 is 1.73 bits per heavy atom. The van der Waals surface area contributed by atoms with Crippen molar-refractivity contribution in [3.63, 3.8) is 0 Å². The van der Waals surface area contributed by atoms with E-state index >= 15 is 0 Å². The third kappa shape index (κ3) is 3.22. The van der Waals surface area contributed by atoms with E-state index in [4.69, 9.17) is 0 Å². The van der Waals surface area contributed by atoms with Crippen LogP contribution in [0.1, 0.15) is 0 Å². The zero-order valence-corrected chi connectivity index (χ0v) is 10.5. The van der Waals surface area contributed by atoms with Gasteiger partial charge in [0.1, 0.15) is 0 Å². The fourth-order valence-electron chi connectivity index (χ4n) is 0.787. The summed E-state index contributed by atoms with van der Waals surface area (Å²) >= 11 is 10.2. The van der Waals surface area contributed by atoms with Crippen molar-refractivity contribution in [3.8, 4) is 0 Å². The number of hydrogen-bond donors (Lipinski definition) is 0. The zero-order valence-electron chi connectivity index (χ0n) is 5.73. The summed E-state index contributed by atoms with van der Waals surface area (Å²) in [7, 11) is 0. The Morgan fingerprint density at radius 3 is 2.18 bits per heavy atom. The molecule has 0 saturated heterocycles. The molecule has 0 bridgehead atoms. The van der Waals surface area contributed by atoms with Crippen LogP contribution in [-0.4, -0.2) is 5.33 Å². The number of rotatable bonds is 2. The first-order valence-electron chi connectivity index (χ1n) is 3.13. The molecular formula is C7H7Br3N+.